The zero-order chi connectivity index (χ0) is 23.9. The molecule has 2 aromatic heterocycles. The molecule has 0 spiro atoms. The van der Waals surface area contributed by atoms with Crippen LogP contribution in [0.25, 0.3) is 22.5 Å². The number of hydrogen-bond donors (Lipinski definition) is 1. The first-order valence-corrected chi connectivity index (χ1v) is 12.3. The molecular formula is C27H34N6O. The van der Waals surface area contributed by atoms with E-state index in [2.05, 4.69) is 77.9 Å². The van der Waals surface area contributed by atoms with Crippen molar-refractivity contribution < 1.29 is 0 Å². The van der Waals surface area contributed by atoms with Crippen molar-refractivity contribution in [2.75, 3.05) is 0 Å². The quantitative estimate of drug-likeness (QED) is 0.308. The Morgan fingerprint density at radius 3 is 2.44 bits per heavy atom. The number of benzene rings is 2. The summed E-state index contributed by atoms with van der Waals surface area (Å²) in [4.78, 5) is 13.2. The van der Waals surface area contributed by atoms with E-state index in [0.717, 1.165) is 66.6 Å². The summed E-state index contributed by atoms with van der Waals surface area (Å²) in [5, 5.41) is 14.3. The standard InChI is InChI=1S/C27H34N6O/c1-4-5-8-17-32-19-23(16-11-20(2)3)33(27(32)34)18-21-12-14-22(15-13-21)24-9-6-7-10-25(24)26-28-30-31-29-26/h6-7,9-10,12-15,19-20H,4-5,8,11,16-18H2,1-3H3,(H,28,29,30,31). The number of nitrogens with one attached hydrogen (secondary N) is 1. The predicted octanol–water partition coefficient (Wildman–Crippen LogP) is 5.32. The van der Waals surface area contributed by atoms with Crippen LogP contribution in [-0.2, 0) is 19.5 Å². The van der Waals surface area contributed by atoms with Gasteiger partial charge in [-0.25, -0.2) is 9.89 Å². The fourth-order valence-corrected chi connectivity index (χ4v) is 4.27. The maximum atomic E-state index is 13.2. The zero-order valence-corrected chi connectivity index (χ0v) is 20.4. The van der Waals surface area contributed by atoms with Crippen molar-refractivity contribution >= 4 is 0 Å². The molecule has 0 radical (unpaired) electrons. The van der Waals surface area contributed by atoms with E-state index in [9.17, 15) is 4.79 Å². The molecule has 4 aromatic rings. The Bertz CT molecular complexity index is 1240. The highest BCUT2D eigenvalue weighted by molar-refractivity contribution is 5.80. The van der Waals surface area contributed by atoms with E-state index in [1.807, 2.05) is 27.3 Å². The SMILES string of the molecule is CCCCCn1cc(CCC(C)C)n(Cc2ccc(-c3ccccc3-c3nnn[nH]3)cc2)c1=O. The van der Waals surface area contributed by atoms with E-state index < -0.39 is 0 Å². The molecule has 1 N–H and O–H groups in total. The van der Waals surface area contributed by atoms with Crippen molar-refractivity contribution in [3.8, 4) is 22.5 Å². The van der Waals surface area contributed by atoms with Crippen LogP contribution in [0, 0.1) is 5.92 Å². The molecule has 7 nitrogen and oxygen atoms in total. The fourth-order valence-electron chi connectivity index (χ4n) is 4.27. The molecule has 0 aliphatic carbocycles. The molecule has 0 aliphatic heterocycles. The van der Waals surface area contributed by atoms with Gasteiger partial charge in [0.15, 0.2) is 5.82 Å². The van der Waals surface area contributed by atoms with Crippen LogP contribution >= 0.6 is 0 Å². The minimum atomic E-state index is 0.0992. The van der Waals surface area contributed by atoms with Crippen molar-refractivity contribution in [1.82, 2.24) is 29.8 Å². The predicted molar refractivity (Wildman–Crippen MR) is 136 cm³/mol. The van der Waals surface area contributed by atoms with E-state index in [1.54, 1.807) is 0 Å². The summed E-state index contributed by atoms with van der Waals surface area (Å²) in [6.07, 6.45) is 7.41. The van der Waals surface area contributed by atoms with Gasteiger partial charge in [0, 0.05) is 24.0 Å². The van der Waals surface area contributed by atoms with Gasteiger partial charge in [-0.05, 0) is 52.3 Å². The van der Waals surface area contributed by atoms with Gasteiger partial charge in [0.2, 0.25) is 0 Å². The summed E-state index contributed by atoms with van der Waals surface area (Å²) >= 11 is 0. The number of aromatic amines is 1. The number of unbranched alkanes of at least 4 members (excludes halogenated alkanes) is 2. The Kier molecular flexibility index (Phi) is 7.72. The number of hydrogen-bond acceptors (Lipinski definition) is 4. The van der Waals surface area contributed by atoms with E-state index in [1.165, 1.54) is 0 Å². The summed E-state index contributed by atoms with van der Waals surface area (Å²) in [6, 6.07) is 16.5. The first-order valence-electron chi connectivity index (χ1n) is 12.3. The highest BCUT2D eigenvalue weighted by atomic mass is 16.1. The van der Waals surface area contributed by atoms with Gasteiger partial charge in [0.1, 0.15) is 0 Å². The summed E-state index contributed by atoms with van der Waals surface area (Å²) < 4.78 is 3.86. The molecule has 2 aromatic carbocycles. The molecule has 2 heterocycles. The lowest BCUT2D eigenvalue weighted by atomic mass is 9.98. The third kappa shape index (κ3) is 5.53. The number of H-pyrrole nitrogens is 1. The molecule has 0 saturated carbocycles. The van der Waals surface area contributed by atoms with Crippen LogP contribution in [0.1, 0.15) is 57.7 Å². The van der Waals surface area contributed by atoms with Crippen molar-refractivity contribution in [1.29, 1.82) is 0 Å². The van der Waals surface area contributed by atoms with Gasteiger partial charge in [-0.3, -0.25) is 9.13 Å². The number of imidazole rings is 1. The maximum Gasteiger partial charge on any atom is 0.328 e. The van der Waals surface area contributed by atoms with Gasteiger partial charge in [-0.1, -0.05) is 82.1 Å². The van der Waals surface area contributed by atoms with E-state index in [4.69, 9.17) is 0 Å². The molecule has 0 aliphatic rings. The Labute approximate surface area is 200 Å². The van der Waals surface area contributed by atoms with Crippen LogP contribution in [0.15, 0.2) is 59.5 Å². The van der Waals surface area contributed by atoms with Crippen molar-refractivity contribution in [2.24, 2.45) is 5.92 Å². The van der Waals surface area contributed by atoms with Gasteiger partial charge < -0.3 is 0 Å². The molecule has 0 amide bonds. The second kappa shape index (κ2) is 11.1. The monoisotopic (exact) mass is 458 g/mol. The maximum absolute atomic E-state index is 13.2. The second-order valence-electron chi connectivity index (χ2n) is 9.31. The van der Waals surface area contributed by atoms with Crippen LogP contribution in [0.2, 0.25) is 0 Å². The van der Waals surface area contributed by atoms with Crippen LogP contribution in [-0.4, -0.2) is 29.8 Å². The first-order chi connectivity index (χ1) is 16.6. The smallest absolute Gasteiger partial charge is 0.299 e. The van der Waals surface area contributed by atoms with Crippen LogP contribution in [0.3, 0.4) is 0 Å². The number of tetrazole rings is 1. The van der Waals surface area contributed by atoms with Gasteiger partial charge in [-0.2, -0.15) is 0 Å². The van der Waals surface area contributed by atoms with Gasteiger partial charge >= 0.3 is 5.69 Å². The fraction of sp³-hybridized carbons (Fsp3) is 0.407. The molecule has 7 heteroatoms. The number of aromatic nitrogens is 6. The van der Waals surface area contributed by atoms with E-state index in [0.29, 0.717) is 18.3 Å². The lowest BCUT2D eigenvalue weighted by Gasteiger charge is -2.11. The third-order valence-electron chi connectivity index (χ3n) is 6.24. The summed E-state index contributed by atoms with van der Waals surface area (Å²) in [5.41, 5.74) is 5.44. The Hall–Kier alpha value is -3.48. The first kappa shape index (κ1) is 23.7. The highest BCUT2D eigenvalue weighted by Gasteiger charge is 2.14. The van der Waals surface area contributed by atoms with E-state index in [-0.39, 0.29) is 5.69 Å². The van der Waals surface area contributed by atoms with Gasteiger partial charge in [0.05, 0.1) is 6.54 Å². The summed E-state index contributed by atoms with van der Waals surface area (Å²) in [7, 11) is 0. The highest BCUT2D eigenvalue weighted by Crippen LogP contribution is 2.29. The number of aryl methyl sites for hydroxylation is 2. The van der Waals surface area contributed by atoms with Crippen LogP contribution in [0.4, 0.5) is 0 Å². The number of rotatable bonds is 11. The Morgan fingerprint density at radius 2 is 1.76 bits per heavy atom. The van der Waals surface area contributed by atoms with Gasteiger partial charge in [0.25, 0.3) is 0 Å². The Balaban J connectivity index is 1.58. The molecule has 0 saturated heterocycles. The van der Waals surface area contributed by atoms with Crippen molar-refractivity contribution in [3.05, 3.63) is 76.5 Å². The number of nitrogens with zero attached hydrogens (tertiary/aromatic N) is 5. The van der Waals surface area contributed by atoms with Crippen LogP contribution in [0.5, 0.6) is 0 Å². The third-order valence-corrected chi connectivity index (χ3v) is 6.24. The lowest BCUT2D eigenvalue weighted by Crippen LogP contribution is -2.25. The topological polar surface area (TPSA) is 81.4 Å². The second-order valence-corrected chi connectivity index (χ2v) is 9.31. The minimum Gasteiger partial charge on any atom is -0.299 e. The lowest BCUT2D eigenvalue weighted by molar-refractivity contribution is 0.561. The van der Waals surface area contributed by atoms with Crippen molar-refractivity contribution in [3.63, 3.8) is 0 Å². The largest absolute Gasteiger partial charge is 0.328 e. The zero-order valence-electron chi connectivity index (χ0n) is 20.4. The minimum absolute atomic E-state index is 0.0992. The average molecular weight is 459 g/mol. The summed E-state index contributed by atoms with van der Waals surface area (Å²) in [5.74, 6) is 1.25. The molecule has 0 fully saturated rings. The molecule has 0 unspecified atom stereocenters. The molecule has 4 rings (SSSR count). The molecule has 0 atom stereocenters. The van der Waals surface area contributed by atoms with Crippen molar-refractivity contribution in [2.45, 2.75) is 66.0 Å². The normalized spacial score (nSPS) is 11.4. The van der Waals surface area contributed by atoms with Gasteiger partial charge in [-0.15, -0.1) is 5.10 Å². The van der Waals surface area contributed by atoms with Crippen LogP contribution < -0.4 is 5.69 Å². The molecular weight excluding hydrogens is 424 g/mol. The molecule has 34 heavy (non-hydrogen) atoms. The average Bonchev–Trinajstić information content (AvgIpc) is 3.48. The molecule has 0 bridgehead atoms. The Morgan fingerprint density at radius 1 is 1.00 bits per heavy atom. The molecule has 178 valence electrons. The summed E-state index contributed by atoms with van der Waals surface area (Å²) in [6.45, 7) is 8.02. The van der Waals surface area contributed by atoms with E-state index >= 15 is 0 Å².